The van der Waals surface area contributed by atoms with Gasteiger partial charge in [0.2, 0.25) is 5.75 Å². The average molecular weight is 269 g/mol. The molecule has 0 aliphatic heterocycles. The minimum atomic E-state index is -2.94. The molecule has 14 heavy (non-hydrogen) atoms. The first-order chi connectivity index (χ1) is 6.45. The standard InChI is InChI=1S/C6H3BrF2N2O3/c7-3-4(6(8)9)10-1-2(12)5(3)11(13)14/h1,6,12H. The van der Waals surface area contributed by atoms with Gasteiger partial charge in [-0.2, -0.15) is 0 Å². The van der Waals surface area contributed by atoms with Crippen molar-refractivity contribution in [2.75, 3.05) is 0 Å². The van der Waals surface area contributed by atoms with Crippen LogP contribution >= 0.6 is 15.9 Å². The van der Waals surface area contributed by atoms with E-state index in [0.717, 1.165) is 0 Å². The van der Waals surface area contributed by atoms with Gasteiger partial charge in [-0.3, -0.25) is 10.1 Å². The van der Waals surface area contributed by atoms with Crippen molar-refractivity contribution in [1.29, 1.82) is 0 Å². The van der Waals surface area contributed by atoms with E-state index in [1.165, 1.54) is 0 Å². The molecule has 1 rings (SSSR count). The minimum Gasteiger partial charge on any atom is -0.501 e. The maximum atomic E-state index is 12.2. The molecule has 0 radical (unpaired) electrons. The molecule has 0 atom stereocenters. The van der Waals surface area contributed by atoms with Crippen LogP contribution in [0.4, 0.5) is 14.5 Å². The van der Waals surface area contributed by atoms with Crippen molar-refractivity contribution in [2.24, 2.45) is 0 Å². The first-order valence-corrected chi connectivity index (χ1v) is 4.04. The van der Waals surface area contributed by atoms with Crippen LogP contribution in [0.2, 0.25) is 0 Å². The van der Waals surface area contributed by atoms with Crippen molar-refractivity contribution in [2.45, 2.75) is 6.43 Å². The quantitative estimate of drug-likeness (QED) is 0.660. The van der Waals surface area contributed by atoms with Gasteiger partial charge in [-0.25, -0.2) is 13.8 Å². The molecule has 0 fully saturated rings. The number of nitro groups is 1. The summed E-state index contributed by atoms with van der Waals surface area (Å²) in [6.45, 7) is 0. The molecule has 0 spiro atoms. The lowest BCUT2D eigenvalue weighted by molar-refractivity contribution is -0.386. The summed E-state index contributed by atoms with van der Waals surface area (Å²) in [7, 11) is 0. The van der Waals surface area contributed by atoms with Crippen LogP contribution < -0.4 is 0 Å². The van der Waals surface area contributed by atoms with E-state index >= 15 is 0 Å². The van der Waals surface area contributed by atoms with Crippen LogP contribution in [0.1, 0.15) is 12.1 Å². The monoisotopic (exact) mass is 268 g/mol. The van der Waals surface area contributed by atoms with E-state index in [2.05, 4.69) is 20.9 Å². The lowest BCUT2D eigenvalue weighted by Gasteiger charge is -2.03. The molecule has 76 valence electrons. The topological polar surface area (TPSA) is 76.3 Å². The Kier molecular flexibility index (Phi) is 2.94. The fraction of sp³-hybridized carbons (Fsp3) is 0.167. The predicted octanol–water partition coefficient (Wildman–Crippen LogP) is 2.40. The van der Waals surface area contributed by atoms with Gasteiger partial charge in [0.15, 0.2) is 0 Å². The average Bonchev–Trinajstić information content (AvgIpc) is 2.02. The zero-order valence-corrected chi connectivity index (χ0v) is 8.03. The summed E-state index contributed by atoms with van der Waals surface area (Å²) in [6.07, 6.45) is -2.33. The first kappa shape index (κ1) is 10.8. The number of aromatic hydroxyl groups is 1. The van der Waals surface area contributed by atoms with Crippen molar-refractivity contribution in [1.82, 2.24) is 4.98 Å². The van der Waals surface area contributed by atoms with Crippen LogP contribution in [-0.4, -0.2) is 15.0 Å². The molecule has 8 heteroatoms. The molecular formula is C6H3BrF2N2O3. The second-order valence-electron chi connectivity index (χ2n) is 2.25. The summed E-state index contributed by atoms with van der Waals surface area (Å²) in [5.74, 6) is -0.758. The van der Waals surface area contributed by atoms with E-state index in [-0.39, 0.29) is 0 Å². The Morgan fingerprint density at radius 2 is 2.21 bits per heavy atom. The molecule has 1 heterocycles. The number of rotatable bonds is 2. The number of alkyl halides is 2. The van der Waals surface area contributed by atoms with Gasteiger partial charge in [0.25, 0.3) is 6.43 Å². The Hall–Kier alpha value is -1.31. The highest BCUT2D eigenvalue weighted by Crippen LogP contribution is 2.38. The number of aromatic nitrogens is 1. The summed E-state index contributed by atoms with van der Waals surface area (Å²) in [4.78, 5) is 12.6. The van der Waals surface area contributed by atoms with Gasteiger partial charge in [0.1, 0.15) is 10.2 Å². The fourth-order valence-electron chi connectivity index (χ4n) is 0.808. The third-order valence-corrected chi connectivity index (χ3v) is 2.17. The van der Waals surface area contributed by atoms with E-state index in [0.29, 0.717) is 6.20 Å². The van der Waals surface area contributed by atoms with Crippen LogP contribution in [0.5, 0.6) is 5.75 Å². The molecule has 0 amide bonds. The van der Waals surface area contributed by atoms with E-state index in [9.17, 15) is 18.9 Å². The van der Waals surface area contributed by atoms with Crippen LogP contribution in [0.25, 0.3) is 0 Å². The molecule has 5 nitrogen and oxygen atoms in total. The number of hydrogen-bond donors (Lipinski definition) is 1. The Balaban J connectivity index is 3.41. The summed E-state index contributed by atoms with van der Waals surface area (Å²) in [5, 5.41) is 19.3. The van der Waals surface area contributed by atoms with E-state index in [1.54, 1.807) is 0 Å². The number of pyridine rings is 1. The van der Waals surface area contributed by atoms with Gasteiger partial charge in [0.05, 0.1) is 11.1 Å². The van der Waals surface area contributed by atoms with E-state index in [4.69, 9.17) is 5.11 Å². The zero-order chi connectivity index (χ0) is 10.9. The van der Waals surface area contributed by atoms with E-state index in [1.807, 2.05) is 0 Å². The SMILES string of the molecule is O=[N+]([O-])c1c(O)cnc(C(F)F)c1Br. The summed E-state index contributed by atoms with van der Waals surface area (Å²) >= 11 is 2.59. The highest BCUT2D eigenvalue weighted by Gasteiger charge is 2.26. The van der Waals surface area contributed by atoms with Crippen molar-refractivity contribution >= 4 is 21.6 Å². The van der Waals surface area contributed by atoms with Crippen LogP contribution in [0.15, 0.2) is 10.7 Å². The minimum absolute atomic E-state index is 0.502. The molecule has 1 N–H and O–H groups in total. The molecule has 0 aliphatic rings. The Labute approximate surface area is 84.7 Å². The maximum Gasteiger partial charge on any atom is 0.328 e. The zero-order valence-electron chi connectivity index (χ0n) is 6.45. The smallest absolute Gasteiger partial charge is 0.328 e. The molecular weight excluding hydrogens is 266 g/mol. The van der Waals surface area contributed by atoms with Gasteiger partial charge >= 0.3 is 5.69 Å². The molecule has 0 aliphatic carbocycles. The number of halogens is 3. The molecule has 0 unspecified atom stereocenters. The predicted molar refractivity (Wildman–Crippen MR) is 45.2 cm³/mol. The second kappa shape index (κ2) is 3.82. The molecule has 0 aromatic carbocycles. The fourth-order valence-corrected chi connectivity index (χ4v) is 1.43. The second-order valence-corrected chi connectivity index (χ2v) is 3.04. The highest BCUT2D eigenvalue weighted by atomic mass is 79.9. The normalized spacial score (nSPS) is 10.6. The van der Waals surface area contributed by atoms with Crippen molar-refractivity contribution in [3.8, 4) is 5.75 Å². The molecule has 0 saturated carbocycles. The van der Waals surface area contributed by atoms with Gasteiger partial charge in [0, 0.05) is 0 Å². The third kappa shape index (κ3) is 1.79. The summed E-state index contributed by atoms with van der Waals surface area (Å²) < 4.78 is 23.9. The van der Waals surface area contributed by atoms with E-state index < -0.39 is 33.0 Å². The largest absolute Gasteiger partial charge is 0.501 e. The third-order valence-electron chi connectivity index (χ3n) is 1.39. The Morgan fingerprint density at radius 3 is 2.64 bits per heavy atom. The van der Waals surface area contributed by atoms with Gasteiger partial charge < -0.3 is 5.11 Å². The molecule has 0 saturated heterocycles. The lowest BCUT2D eigenvalue weighted by Crippen LogP contribution is -1.97. The molecule has 1 aromatic rings. The van der Waals surface area contributed by atoms with Crippen LogP contribution in [-0.2, 0) is 0 Å². The number of hydrogen-bond acceptors (Lipinski definition) is 4. The Bertz CT molecular complexity index is 386. The van der Waals surface area contributed by atoms with Gasteiger partial charge in [-0.15, -0.1) is 0 Å². The molecule has 0 bridgehead atoms. The van der Waals surface area contributed by atoms with Gasteiger partial charge in [-0.1, -0.05) is 0 Å². The van der Waals surface area contributed by atoms with Crippen molar-refractivity contribution in [3.05, 3.63) is 26.5 Å². The number of nitrogens with zero attached hydrogens (tertiary/aromatic N) is 2. The maximum absolute atomic E-state index is 12.2. The van der Waals surface area contributed by atoms with Crippen molar-refractivity contribution in [3.63, 3.8) is 0 Å². The summed E-state index contributed by atoms with van der Waals surface area (Å²) in [5.41, 5.74) is -1.58. The van der Waals surface area contributed by atoms with Crippen LogP contribution in [0.3, 0.4) is 0 Å². The van der Waals surface area contributed by atoms with Crippen LogP contribution in [0, 0.1) is 10.1 Å². The molecule has 1 aromatic heterocycles. The Morgan fingerprint density at radius 1 is 1.64 bits per heavy atom. The lowest BCUT2D eigenvalue weighted by atomic mass is 10.3. The summed E-state index contributed by atoms with van der Waals surface area (Å²) in [6, 6.07) is 0. The van der Waals surface area contributed by atoms with Crippen molar-refractivity contribution < 1.29 is 18.8 Å². The van der Waals surface area contributed by atoms with Gasteiger partial charge in [-0.05, 0) is 15.9 Å². The first-order valence-electron chi connectivity index (χ1n) is 3.25. The highest BCUT2D eigenvalue weighted by molar-refractivity contribution is 9.10.